The van der Waals surface area contributed by atoms with Gasteiger partial charge in [-0.3, -0.25) is 0 Å². The predicted octanol–water partition coefficient (Wildman–Crippen LogP) is 2.10. The molecule has 1 aromatic carbocycles. The van der Waals surface area contributed by atoms with E-state index in [9.17, 15) is 4.79 Å². The summed E-state index contributed by atoms with van der Waals surface area (Å²) in [5.74, 6) is 0.315. The van der Waals surface area contributed by atoms with Crippen LogP contribution in [0.15, 0.2) is 30.3 Å². The number of alkyl carbamates (subject to hydrolysis) is 1. The minimum atomic E-state index is -0.322. The topological polar surface area (TPSA) is 38.3 Å². The summed E-state index contributed by atoms with van der Waals surface area (Å²) >= 11 is 0. The van der Waals surface area contributed by atoms with Crippen molar-refractivity contribution in [1.82, 2.24) is 5.32 Å². The summed E-state index contributed by atoms with van der Waals surface area (Å²) in [4.78, 5) is 11.1. The molecule has 3 heteroatoms. The Bertz CT molecular complexity index is 323. The van der Waals surface area contributed by atoms with Gasteiger partial charge in [-0.25, -0.2) is 4.79 Å². The highest BCUT2D eigenvalue weighted by molar-refractivity contribution is 5.68. The van der Waals surface area contributed by atoms with E-state index in [1.54, 1.807) is 0 Å². The maximum atomic E-state index is 11.1. The highest BCUT2D eigenvalue weighted by Gasteiger charge is 2.27. The van der Waals surface area contributed by atoms with Crippen molar-refractivity contribution >= 4 is 6.09 Å². The molecule has 2 rings (SSSR count). The second kappa shape index (κ2) is 3.70. The highest BCUT2D eigenvalue weighted by atomic mass is 16.6. The Morgan fingerprint density at radius 3 is 2.79 bits per heavy atom. The lowest BCUT2D eigenvalue weighted by atomic mass is 9.96. The lowest BCUT2D eigenvalue weighted by molar-refractivity contribution is 0.0420. The molecule has 74 valence electrons. The van der Waals surface area contributed by atoms with Crippen LogP contribution in [-0.2, 0) is 4.74 Å². The first-order valence-electron chi connectivity index (χ1n) is 4.77. The number of amides is 1. The van der Waals surface area contributed by atoms with Crippen molar-refractivity contribution in [3.63, 3.8) is 0 Å². The third kappa shape index (κ3) is 1.71. The van der Waals surface area contributed by atoms with Crippen molar-refractivity contribution in [2.75, 3.05) is 6.54 Å². The second-order valence-corrected chi connectivity index (χ2v) is 3.59. The molecule has 0 radical (unpaired) electrons. The van der Waals surface area contributed by atoms with Gasteiger partial charge < -0.3 is 10.1 Å². The van der Waals surface area contributed by atoms with Crippen LogP contribution in [0, 0.1) is 5.92 Å². The van der Waals surface area contributed by atoms with E-state index in [1.807, 2.05) is 30.3 Å². The van der Waals surface area contributed by atoms with Gasteiger partial charge in [-0.2, -0.15) is 0 Å². The third-order valence-electron chi connectivity index (χ3n) is 2.45. The summed E-state index contributed by atoms with van der Waals surface area (Å²) in [7, 11) is 0. The minimum absolute atomic E-state index is 0.107. The first-order valence-corrected chi connectivity index (χ1v) is 4.77. The Morgan fingerprint density at radius 2 is 2.07 bits per heavy atom. The van der Waals surface area contributed by atoms with Gasteiger partial charge in [-0.15, -0.1) is 0 Å². The molecule has 1 amide bonds. The SMILES string of the molecule is C[C@H]1CNC(=O)O[C@@H]1c1ccccc1. The summed E-state index contributed by atoms with van der Waals surface area (Å²) in [6.45, 7) is 2.75. The van der Waals surface area contributed by atoms with Gasteiger partial charge in [-0.1, -0.05) is 37.3 Å². The summed E-state index contributed by atoms with van der Waals surface area (Å²) in [5.41, 5.74) is 1.06. The minimum Gasteiger partial charge on any atom is -0.441 e. The Kier molecular flexibility index (Phi) is 2.39. The standard InChI is InChI=1S/C11H13NO2/c1-8-7-12-11(13)14-10(8)9-5-3-2-4-6-9/h2-6,8,10H,7H2,1H3,(H,12,13)/t8-,10-/m0/s1. The van der Waals surface area contributed by atoms with E-state index >= 15 is 0 Å². The van der Waals surface area contributed by atoms with Crippen LogP contribution in [0.5, 0.6) is 0 Å². The lowest BCUT2D eigenvalue weighted by Gasteiger charge is -2.29. The van der Waals surface area contributed by atoms with Gasteiger partial charge in [0.2, 0.25) is 0 Å². The molecule has 1 N–H and O–H groups in total. The normalized spacial score (nSPS) is 26.5. The molecular formula is C11H13NO2. The van der Waals surface area contributed by atoms with Gasteiger partial charge in [-0.05, 0) is 5.56 Å². The van der Waals surface area contributed by atoms with E-state index in [4.69, 9.17) is 4.74 Å². The smallest absolute Gasteiger partial charge is 0.407 e. The predicted molar refractivity (Wildman–Crippen MR) is 52.8 cm³/mol. The summed E-state index contributed by atoms with van der Waals surface area (Å²) < 4.78 is 5.23. The zero-order chi connectivity index (χ0) is 9.97. The Morgan fingerprint density at radius 1 is 1.36 bits per heavy atom. The zero-order valence-corrected chi connectivity index (χ0v) is 8.07. The number of ether oxygens (including phenoxy) is 1. The molecule has 0 aromatic heterocycles. The van der Waals surface area contributed by atoms with Crippen LogP contribution in [-0.4, -0.2) is 12.6 Å². The van der Waals surface area contributed by atoms with Crippen molar-refractivity contribution in [2.24, 2.45) is 5.92 Å². The van der Waals surface area contributed by atoms with E-state index < -0.39 is 0 Å². The Labute approximate surface area is 83.1 Å². The number of carbonyl (C=O) groups is 1. The molecule has 1 fully saturated rings. The molecule has 1 aliphatic rings. The highest BCUT2D eigenvalue weighted by Crippen LogP contribution is 2.27. The summed E-state index contributed by atoms with van der Waals surface area (Å²) in [6, 6.07) is 9.84. The summed E-state index contributed by atoms with van der Waals surface area (Å²) in [5, 5.41) is 2.67. The molecule has 1 aliphatic heterocycles. The number of hydrogen-bond acceptors (Lipinski definition) is 2. The average molecular weight is 191 g/mol. The summed E-state index contributed by atoms with van der Waals surface area (Å²) in [6.07, 6.45) is -0.429. The van der Waals surface area contributed by atoms with Gasteiger partial charge in [0.1, 0.15) is 6.10 Å². The van der Waals surface area contributed by atoms with Crippen molar-refractivity contribution in [3.8, 4) is 0 Å². The van der Waals surface area contributed by atoms with Gasteiger partial charge in [0, 0.05) is 12.5 Å². The first-order chi connectivity index (χ1) is 6.77. The van der Waals surface area contributed by atoms with Crippen LogP contribution in [0.25, 0.3) is 0 Å². The molecule has 1 aromatic rings. The number of hydrogen-bond donors (Lipinski definition) is 1. The van der Waals surface area contributed by atoms with E-state index in [-0.39, 0.29) is 12.2 Å². The van der Waals surface area contributed by atoms with Gasteiger partial charge in [0.25, 0.3) is 0 Å². The fourth-order valence-corrected chi connectivity index (χ4v) is 1.66. The van der Waals surface area contributed by atoms with E-state index in [2.05, 4.69) is 12.2 Å². The zero-order valence-electron chi connectivity index (χ0n) is 8.07. The van der Waals surface area contributed by atoms with Crippen LogP contribution in [0.1, 0.15) is 18.6 Å². The van der Waals surface area contributed by atoms with Crippen molar-refractivity contribution in [1.29, 1.82) is 0 Å². The number of rotatable bonds is 1. The Hall–Kier alpha value is -1.51. The maximum Gasteiger partial charge on any atom is 0.407 e. The second-order valence-electron chi connectivity index (χ2n) is 3.59. The third-order valence-corrected chi connectivity index (χ3v) is 2.45. The number of carbonyl (C=O) groups excluding carboxylic acids is 1. The Balaban J connectivity index is 2.20. The molecule has 0 saturated carbocycles. The van der Waals surface area contributed by atoms with Crippen LogP contribution in [0.3, 0.4) is 0 Å². The molecule has 2 atom stereocenters. The quantitative estimate of drug-likeness (QED) is 0.738. The molecule has 14 heavy (non-hydrogen) atoms. The van der Waals surface area contributed by atoms with Gasteiger partial charge in [0.05, 0.1) is 0 Å². The molecule has 0 aliphatic carbocycles. The molecule has 3 nitrogen and oxygen atoms in total. The van der Waals surface area contributed by atoms with Crippen LogP contribution in [0.2, 0.25) is 0 Å². The monoisotopic (exact) mass is 191 g/mol. The van der Waals surface area contributed by atoms with Gasteiger partial charge >= 0.3 is 6.09 Å². The fraction of sp³-hybridized carbons (Fsp3) is 0.364. The molecule has 0 spiro atoms. The lowest BCUT2D eigenvalue weighted by Crippen LogP contribution is -2.39. The average Bonchev–Trinajstić information content (AvgIpc) is 2.23. The number of cyclic esters (lactones) is 1. The van der Waals surface area contributed by atoms with Gasteiger partial charge in [0.15, 0.2) is 0 Å². The first kappa shape index (κ1) is 9.06. The van der Waals surface area contributed by atoms with Crippen molar-refractivity contribution in [3.05, 3.63) is 35.9 Å². The van der Waals surface area contributed by atoms with E-state index in [1.165, 1.54) is 0 Å². The molecule has 1 heterocycles. The fourth-order valence-electron chi connectivity index (χ4n) is 1.66. The maximum absolute atomic E-state index is 11.1. The van der Waals surface area contributed by atoms with Crippen LogP contribution < -0.4 is 5.32 Å². The molecule has 0 unspecified atom stereocenters. The van der Waals surface area contributed by atoms with Crippen molar-refractivity contribution < 1.29 is 9.53 Å². The molecular weight excluding hydrogens is 178 g/mol. The van der Waals surface area contributed by atoms with E-state index in [0.717, 1.165) is 5.56 Å². The van der Waals surface area contributed by atoms with Crippen LogP contribution >= 0.6 is 0 Å². The van der Waals surface area contributed by atoms with E-state index in [0.29, 0.717) is 12.5 Å². The number of nitrogens with one attached hydrogen (secondary N) is 1. The van der Waals surface area contributed by atoms with Crippen molar-refractivity contribution in [2.45, 2.75) is 13.0 Å². The number of benzene rings is 1. The molecule has 0 bridgehead atoms. The van der Waals surface area contributed by atoms with Crippen LogP contribution in [0.4, 0.5) is 4.79 Å². The molecule has 1 saturated heterocycles. The largest absolute Gasteiger partial charge is 0.441 e.